The molecule has 2 heteroatoms. The van der Waals surface area contributed by atoms with E-state index in [-0.39, 0.29) is 0 Å². The maximum Gasteiger partial charge on any atom is 0.0868 e. The molecule has 1 rings (SSSR count). The predicted molar refractivity (Wildman–Crippen MR) is 65.3 cm³/mol. The molecule has 0 saturated heterocycles. The van der Waals surface area contributed by atoms with E-state index in [0.717, 1.165) is 35.4 Å². The summed E-state index contributed by atoms with van der Waals surface area (Å²) in [4.78, 5) is 0. The van der Waals surface area contributed by atoms with Crippen LogP contribution in [0.3, 0.4) is 0 Å². The number of aryl methyl sites for hydroxylation is 1. The lowest BCUT2D eigenvalue weighted by Gasteiger charge is -2.24. The molecule has 1 aromatic rings. The first-order valence-corrected chi connectivity index (χ1v) is 5.90. The predicted octanol–water partition coefficient (Wildman–Crippen LogP) is 3.91. The van der Waals surface area contributed by atoms with Crippen molar-refractivity contribution in [3.63, 3.8) is 0 Å². The van der Waals surface area contributed by atoms with E-state index < -0.39 is 5.60 Å². The second-order valence-corrected chi connectivity index (χ2v) is 4.59. The Morgan fingerprint density at radius 3 is 2.53 bits per heavy atom. The Labute approximate surface area is 97.1 Å². The molecule has 1 atom stereocenters. The summed E-state index contributed by atoms with van der Waals surface area (Å²) in [5.74, 6) is 0. The standard InChI is InChI=1S/C13H19ClO/c1-4-8-13(3,15)11-6-7-12(14)10(5-2)9-11/h6-7,9,15H,4-5,8H2,1-3H3. The maximum absolute atomic E-state index is 10.3. The van der Waals surface area contributed by atoms with Crippen molar-refractivity contribution in [1.82, 2.24) is 0 Å². The van der Waals surface area contributed by atoms with Crippen molar-refractivity contribution in [3.05, 3.63) is 34.3 Å². The van der Waals surface area contributed by atoms with Gasteiger partial charge in [0.15, 0.2) is 0 Å². The van der Waals surface area contributed by atoms with Gasteiger partial charge in [-0.2, -0.15) is 0 Å². The van der Waals surface area contributed by atoms with Crippen LogP contribution < -0.4 is 0 Å². The van der Waals surface area contributed by atoms with Crippen LogP contribution in [0.25, 0.3) is 0 Å². The van der Waals surface area contributed by atoms with E-state index in [4.69, 9.17) is 11.6 Å². The molecule has 0 bridgehead atoms. The van der Waals surface area contributed by atoms with E-state index in [1.807, 2.05) is 25.1 Å². The molecule has 0 spiro atoms. The summed E-state index contributed by atoms with van der Waals surface area (Å²) in [6.45, 7) is 6.00. The SMILES string of the molecule is CCCC(C)(O)c1ccc(Cl)c(CC)c1. The van der Waals surface area contributed by atoms with Crippen molar-refractivity contribution in [1.29, 1.82) is 0 Å². The van der Waals surface area contributed by atoms with Gasteiger partial charge in [0.25, 0.3) is 0 Å². The fraction of sp³-hybridized carbons (Fsp3) is 0.538. The summed E-state index contributed by atoms with van der Waals surface area (Å²) in [5, 5.41) is 11.0. The zero-order valence-corrected chi connectivity index (χ0v) is 10.4. The minimum atomic E-state index is -0.733. The van der Waals surface area contributed by atoms with Crippen LogP contribution >= 0.6 is 11.6 Å². The van der Waals surface area contributed by atoms with Crippen molar-refractivity contribution in [3.8, 4) is 0 Å². The lowest BCUT2D eigenvalue weighted by atomic mass is 9.90. The van der Waals surface area contributed by atoms with Crippen LogP contribution in [0.5, 0.6) is 0 Å². The van der Waals surface area contributed by atoms with Gasteiger partial charge in [0.05, 0.1) is 5.60 Å². The van der Waals surface area contributed by atoms with Gasteiger partial charge in [-0.1, -0.05) is 44.0 Å². The van der Waals surface area contributed by atoms with Crippen molar-refractivity contribution in [2.24, 2.45) is 0 Å². The quantitative estimate of drug-likeness (QED) is 0.826. The summed E-state index contributed by atoms with van der Waals surface area (Å²) >= 11 is 6.04. The molecule has 1 nitrogen and oxygen atoms in total. The molecule has 0 aliphatic rings. The Hall–Kier alpha value is -0.530. The molecule has 0 saturated carbocycles. The first-order chi connectivity index (χ1) is 7.01. The van der Waals surface area contributed by atoms with Gasteiger partial charge in [0.1, 0.15) is 0 Å². The summed E-state index contributed by atoms with van der Waals surface area (Å²) in [7, 11) is 0. The molecular weight excluding hydrogens is 208 g/mol. The van der Waals surface area contributed by atoms with Crippen molar-refractivity contribution >= 4 is 11.6 Å². The Bertz CT molecular complexity index is 331. The van der Waals surface area contributed by atoms with E-state index in [2.05, 4.69) is 13.8 Å². The lowest BCUT2D eigenvalue weighted by molar-refractivity contribution is 0.0469. The molecule has 84 valence electrons. The first kappa shape index (κ1) is 12.5. The molecule has 0 aromatic heterocycles. The number of benzene rings is 1. The summed E-state index contributed by atoms with van der Waals surface area (Å²) < 4.78 is 0. The van der Waals surface area contributed by atoms with Gasteiger partial charge in [-0.25, -0.2) is 0 Å². The smallest absolute Gasteiger partial charge is 0.0868 e. The molecule has 1 unspecified atom stereocenters. The maximum atomic E-state index is 10.3. The van der Waals surface area contributed by atoms with E-state index in [0.29, 0.717) is 0 Å². The summed E-state index contributed by atoms with van der Waals surface area (Å²) in [6, 6.07) is 5.80. The van der Waals surface area contributed by atoms with Crippen LogP contribution in [-0.2, 0) is 12.0 Å². The van der Waals surface area contributed by atoms with Crippen LogP contribution in [0.2, 0.25) is 5.02 Å². The number of hydrogen-bond acceptors (Lipinski definition) is 1. The third-order valence-electron chi connectivity index (χ3n) is 2.79. The average Bonchev–Trinajstić information content (AvgIpc) is 2.18. The zero-order chi connectivity index (χ0) is 11.5. The Balaban J connectivity index is 3.04. The highest BCUT2D eigenvalue weighted by atomic mass is 35.5. The van der Waals surface area contributed by atoms with Gasteiger partial charge >= 0.3 is 0 Å². The summed E-state index contributed by atoms with van der Waals surface area (Å²) in [6.07, 6.45) is 2.64. The molecular formula is C13H19ClO. The molecule has 0 aliphatic heterocycles. The van der Waals surface area contributed by atoms with Crippen LogP contribution in [0, 0.1) is 0 Å². The highest BCUT2D eigenvalue weighted by molar-refractivity contribution is 6.31. The Kier molecular flexibility index (Phi) is 4.18. The minimum Gasteiger partial charge on any atom is -0.385 e. The third-order valence-corrected chi connectivity index (χ3v) is 3.15. The topological polar surface area (TPSA) is 20.2 Å². The minimum absolute atomic E-state index is 0.733. The van der Waals surface area contributed by atoms with Crippen LogP contribution in [0.4, 0.5) is 0 Å². The highest BCUT2D eigenvalue weighted by Gasteiger charge is 2.22. The number of hydrogen-bond donors (Lipinski definition) is 1. The van der Waals surface area contributed by atoms with Crippen molar-refractivity contribution in [2.45, 2.75) is 45.6 Å². The second kappa shape index (κ2) is 5.00. The Morgan fingerprint density at radius 1 is 1.33 bits per heavy atom. The number of halogens is 1. The molecule has 0 radical (unpaired) electrons. The molecule has 1 aromatic carbocycles. The fourth-order valence-corrected chi connectivity index (χ4v) is 2.06. The van der Waals surface area contributed by atoms with Gasteiger partial charge in [-0.15, -0.1) is 0 Å². The van der Waals surface area contributed by atoms with Crippen molar-refractivity contribution < 1.29 is 5.11 Å². The third kappa shape index (κ3) is 2.96. The van der Waals surface area contributed by atoms with E-state index in [1.54, 1.807) is 0 Å². The molecule has 1 N–H and O–H groups in total. The van der Waals surface area contributed by atoms with Crippen LogP contribution in [0.15, 0.2) is 18.2 Å². The van der Waals surface area contributed by atoms with Crippen LogP contribution in [-0.4, -0.2) is 5.11 Å². The van der Waals surface area contributed by atoms with Gasteiger partial charge in [-0.05, 0) is 37.0 Å². The van der Waals surface area contributed by atoms with E-state index in [9.17, 15) is 5.11 Å². The van der Waals surface area contributed by atoms with Gasteiger partial charge < -0.3 is 5.11 Å². The lowest BCUT2D eigenvalue weighted by Crippen LogP contribution is -2.20. The van der Waals surface area contributed by atoms with Gasteiger partial charge in [-0.3, -0.25) is 0 Å². The average molecular weight is 227 g/mol. The molecule has 0 amide bonds. The first-order valence-electron chi connectivity index (χ1n) is 5.52. The number of rotatable bonds is 4. The monoisotopic (exact) mass is 226 g/mol. The van der Waals surface area contributed by atoms with E-state index in [1.165, 1.54) is 0 Å². The number of aliphatic hydroxyl groups is 1. The largest absolute Gasteiger partial charge is 0.385 e. The zero-order valence-electron chi connectivity index (χ0n) is 9.68. The van der Waals surface area contributed by atoms with E-state index >= 15 is 0 Å². The van der Waals surface area contributed by atoms with Gasteiger partial charge in [0.2, 0.25) is 0 Å². The second-order valence-electron chi connectivity index (χ2n) is 4.18. The Morgan fingerprint density at radius 2 is 2.00 bits per heavy atom. The molecule has 0 heterocycles. The molecule has 15 heavy (non-hydrogen) atoms. The van der Waals surface area contributed by atoms with Crippen molar-refractivity contribution in [2.75, 3.05) is 0 Å². The molecule has 0 fully saturated rings. The fourth-order valence-electron chi connectivity index (χ4n) is 1.81. The van der Waals surface area contributed by atoms with Crippen LogP contribution in [0.1, 0.15) is 44.7 Å². The summed E-state index contributed by atoms with van der Waals surface area (Å²) in [5.41, 5.74) is 1.33. The normalized spacial score (nSPS) is 15.0. The molecule has 0 aliphatic carbocycles. The van der Waals surface area contributed by atoms with Gasteiger partial charge in [0, 0.05) is 5.02 Å². The highest BCUT2D eigenvalue weighted by Crippen LogP contribution is 2.29.